The van der Waals surface area contributed by atoms with E-state index in [4.69, 9.17) is 9.72 Å². The fourth-order valence-electron chi connectivity index (χ4n) is 5.36. The van der Waals surface area contributed by atoms with Gasteiger partial charge in [0.1, 0.15) is 11.6 Å². The predicted molar refractivity (Wildman–Crippen MR) is 168 cm³/mol. The van der Waals surface area contributed by atoms with Gasteiger partial charge in [-0.05, 0) is 77.9 Å². The number of aromatic nitrogens is 5. The molecule has 0 bridgehead atoms. The topological polar surface area (TPSA) is 159 Å². The molecule has 0 unspecified atom stereocenters. The van der Waals surface area contributed by atoms with Crippen LogP contribution in [0.4, 0.5) is 23.1 Å². The first-order valence-electron chi connectivity index (χ1n) is 14.4. The maximum absolute atomic E-state index is 13.1. The van der Waals surface area contributed by atoms with Crippen LogP contribution in [0, 0.1) is 0 Å². The number of hydrogen-bond acceptors (Lipinski definition) is 10. The monoisotopic (exact) mass is 604 g/mol. The van der Waals surface area contributed by atoms with Gasteiger partial charge in [-0.15, -0.1) is 0 Å². The average Bonchev–Trinajstić information content (AvgIpc) is 3.58. The molecule has 0 atom stereocenters. The minimum absolute atomic E-state index is 0.106. The van der Waals surface area contributed by atoms with Crippen LogP contribution in [0.25, 0.3) is 21.8 Å². The number of H-pyrrole nitrogens is 1. The smallest absolute Gasteiger partial charge is 0.231 e. The van der Waals surface area contributed by atoms with Crippen LogP contribution in [0.1, 0.15) is 46.6 Å². The molecule has 12 nitrogen and oxygen atoms in total. The molecule has 1 saturated heterocycles. The van der Waals surface area contributed by atoms with E-state index in [1.807, 2.05) is 36.7 Å². The Hall–Kier alpha value is -4.36. The fourth-order valence-corrected chi connectivity index (χ4v) is 6.57. The van der Waals surface area contributed by atoms with E-state index in [1.165, 1.54) is 0 Å². The van der Waals surface area contributed by atoms with Gasteiger partial charge in [-0.2, -0.15) is 15.1 Å². The number of sulfone groups is 1. The number of aromatic amines is 1. The molecule has 226 valence electrons. The molecule has 1 aliphatic heterocycles. The number of hydrogen-bond donors (Lipinski definition) is 5. The largest absolute Gasteiger partial charge is 0.494 e. The fraction of sp³-hybridized carbons (Fsp3) is 0.367. The maximum Gasteiger partial charge on any atom is 0.231 e. The molecule has 1 aliphatic rings. The van der Waals surface area contributed by atoms with E-state index in [0.29, 0.717) is 39.4 Å². The van der Waals surface area contributed by atoms with Crippen LogP contribution in [0.3, 0.4) is 0 Å². The standard InChI is InChI=1S/C30H36N8O4S/c1-17(2)42-25-13-19-16-38(20-9-11-31-12-10-20)29(39)21(19)14-24(25)34-30-35-27(22-15-32-37-28(22)36-30)33-23-7-5-6-8-26(23)43(40,41)18(3)4/h5-8,13-18,20,31,39H,9-12H2,1-4H3,(H3,32,33,34,35,36,37). The van der Waals surface area contributed by atoms with E-state index in [9.17, 15) is 13.5 Å². The number of rotatable bonds is 9. The van der Waals surface area contributed by atoms with Crippen LogP contribution >= 0.6 is 0 Å². The summed E-state index contributed by atoms with van der Waals surface area (Å²) in [4.78, 5) is 9.50. The van der Waals surface area contributed by atoms with Crippen LogP contribution in [-0.2, 0) is 9.84 Å². The Bertz CT molecular complexity index is 1890. The highest BCUT2D eigenvalue weighted by molar-refractivity contribution is 7.92. The average molecular weight is 605 g/mol. The summed E-state index contributed by atoms with van der Waals surface area (Å²) in [5.41, 5.74) is 1.43. The molecule has 0 saturated carbocycles. The number of aromatic hydroxyl groups is 1. The first-order valence-corrected chi connectivity index (χ1v) is 16.0. The molecule has 3 aromatic heterocycles. The highest BCUT2D eigenvalue weighted by Gasteiger charge is 2.24. The number of para-hydroxylation sites is 1. The van der Waals surface area contributed by atoms with Crippen molar-refractivity contribution in [2.24, 2.45) is 0 Å². The van der Waals surface area contributed by atoms with Gasteiger partial charge in [0.25, 0.3) is 0 Å². The van der Waals surface area contributed by atoms with Crippen LogP contribution in [0.5, 0.6) is 11.6 Å². The second kappa shape index (κ2) is 11.4. The van der Waals surface area contributed by atoms with Crippen molar-refractivity contribution in [1.29, 1.82) is 0 Å². The maximum atomic E-state index is 13.1. The molecule has 5 N–H and O–H groups in total. The van der Waals surface area contributed by atoms with E-state index >= 15 is 0 Å². The summed E-state index contributed by atoms with van der Waals surface area (Å²) in [5.74, 6) is 1.39. The molecule has 0 amide bonds. The van der Waals surface area contributed by atoms with Crippen molar-refractivity contribution in [2.45, 2.75) is 62.8 Å². The number of anilines is 4. The van der Waals surface area contributed by atoms with Crippen molar-refractivity contribution in [2.75, 3.05) is 23.7 Å². The Balaban J connectivity index is 1.41. The minimum Gasteiger partial charge on any atom is -0.494 e. The Morgan fingerprint density at radius 1 is 1.02 bits per heavy atom. The Morgan fingerprint density at radius 3 is 2.53 bits per heavy atom. The van der Waals surface area contributed by atoms with Gasteiger partial charge in [-0.3, -0.25) is 5.10 Å². The second-order valence-electron chi connectivity index (χ2n) is 11.3. The van der Waals surface area contributed by atoms with Gasteiger partial charge < -0.3 is 30.4 Å². The second-order valence-corrected chi connectivity index (χ2v) is 13.8. The van der Waals surface area contributed by atoms with Crippen LogP contribution in [0.2, 0.25) is 0 Å². The Labute approximate surface area is 249 Å². The van der Waals surface area contributed by atoms with Gasteiger partial charge in [-0.25, -0.2) is 8.42 Å². The molecular formula is C30H36N8O4S. The lowest BCUT2D eigenvalue weighted by atomic mass is 10.1. The third kappa shape index (κ3) is 5.57. The quantitative estimate of drug-likeness (QED) is 0.148. The molecule has 2 aromatic carbocycles. The minimum atomic E-state index is -3.57. The van der Waals surface area contributed by atoms with E-state index in [2.05, 4.69) is 31.1 Å². The van der Waals surface area contributed by atoms with Crippen LogP contribution in [-0.4, -0.2) is 62.7 Å². The van der Waals surface area contributed by atoms with E-state index in [0.717, 1.165) is 31.3 Å². The normalized spacial score (nSPS) is 14.7. The number of benzene rings is 2. The number of nitrogens with one attached hydrogen (secondary N) is 4. The predicted octanol–water partition coefficient (Wildman–Crippen LogP) is 5.39. The van der Waals surface area contributed by atoms with Crippen molar-refractivity contribution in [3.63, 3.8) is 0 Å². The lowest BCUT2D eigenvalue weighted by molar-refractivity contribution is 0.244. The zero-order valence-corrected chi connectivity index (χ0v) is 25.4. The van der Waals surface area contributed by atoms with Crippen molar-refractivity contribution >= 4 is 54.8 Å². The van der Waals surface area contributed by atoms with Crippen molar-refractivity contribution in [1.82, 2.24) is 30.0 Å². The number of nitrogens with zero attached hydrogens (tertiary/aromatic N) is 4. The highest BCUT2D eigenvalue weighted by atomic mass is 32.2. The molecule has 0 aliphatic carbocycles. The first-order chi connectivity index (χ1) is 20.6. The molecule has 43 heavy (non-hydrogen) atoms. The lowest BCUT2D eigenvalue weighted by Gasteiger charge is -2.24. The number of ether oxygens (including phenoxy) is 1. The summed E-state index contributed by atoms with van der Waals surface area (Å²) in [6, 6.07) is 10.7. The molecule has 4 heterocycles. The number of fused-ring (bicyclic) bond motifs is 2. The molecule has 5 aromatic rings. The van der Waals surface area contributed by atoms with Crippen LogP contribution in [0.15, 0.2) is 53.7 Å². The Morgan fingerprint density at radius 2 is 1.79 bits per heavy atom. The van der Waals surface area contributed by atoms with Gasteiger partial charge in [0.05, 0.1) is 39.2 Å². The summed E-state index contributed by atoms with van der Waals surface area (Å²) in [5, 5.41) is 29.6. The van der Waals surface area contributed by atoms with Crippen LogP contribution < -0.4 is 20.7 Å². The van der Waals surface area contributed by atoms with E-state index in [1.54, 1.807) is 44.3 Å². The van der Waals surface area contributed by atoms with Gasteiger partial charge in [0.2, 0.25) is 5.95 Å². The van der Waals surface area contributed by atoms with E-state index < -0.39 is 15.1 Å². The van der Waals surface area contributed by atoms with Gasteiger partial charge >= 0.3 is 0 Å². The van der Waals surface area contributed by atoms with Gasteiger partial charge in [-0.1, -0.05) is 12.1 Å². The van der Waals surface area contributed by atoms with Gasteiger partial charge in [0, 0.05) is 23.0 Å². The summed E-state index contributed by atoms with van der Waals surface area (Å²) >= 11 is 0. The van der Waals surface area contributed by atoms with Gasteiger partial charge in [0.15, 0.2) is 21.4 Å². The summed E-state index contributed by atoms with van der Waals surface area (Å²) in [7, 11) is -3.57. The number of piperidine rings is 1. The molecule has 6 rings (SSSR count). The SMILES string of the molecule is CC(C)Oc1cc2cn(C3CCNCC3)c(O)c2cc1Nc1nc(Nc2ccccc2S(=O)(=O)C(C)C)c2cn[nH]c2n1. The Kier molecular flexibility index (Phi) is 7.61. The van der Waals surface area contributed by atoms with Crippen molar-refractivity contribution < 1.29 is 18.3 Å². The van der Waals surface area contributed by atoms with Crippen molar-refractivity contribution in [3.8, 4) is 11.6 Å². The molecule has 13 heteroatoms. The lowest BCUT2D eigenvalue weighted by Crippen LogP contribution is -2.29. The molecule has 0 radical (unpaired) electrons. The highest BCUT2D eigenvalue weighted by Crippen LogP contribution is 2.40. The third-order valence-corrected chi connectivity index (χ3v) is 9.81. The summed E-state index contributed by atoms with van der Waals surface area (Å²) in [6.07, 6.45) is 5.33. The molecule has 0 spiro atoms. The summed E-state index contributed by atoms with van der Waals surface area (Å²) in [6.45, 7) is 9.01. The third-order valence-electron chi connectivity index (χ3n) is 7.60. The molecule has 1 fully saturated rings. The zero-order chi connectivity index (χ0) is 30.3. The van der Waals surface area contributed by atoms with E-state index in [-0.39, 0.29) is 28.9 Å². The zero-order valence-electron chi connectivity index (χ0n) is 24.5. The first kappa shape index (κ1) is 28.7. The summed E-state index contributed by atoms with van der Waals surface area (Å²) < 4.78 is 34.3. The van der Waals surface area contributed by atoms with Crippen molar-refractivity contribution in [3.05, 3.63) is 48.8 Å². The molecular weight excluding hydrogens is 568 g/mol.